The number of aromatic nitrogens is 4. The van der Waals surface area contributed by atoms with Crippen LogP contribution in [0.4, 0.5) is 5.95 Å². The van der Waals surface area contributed by atoms with Gasteiger partial charge in [-0.25, -0.2) is 4.98 Å². The number of rotatable bonds is 9. The van der Waals surface area contributed by atoms with Gasteiger partial charge in [-0.1, -0.05) is 19.4 Å². The largest absolute Gasteiger partial charge is 0.356 e. The van der Waals surface area contributed by atoms with E-state index in [1.165, 1.54) is 9.39 Å². The normalized spacial score (nSPS) is 11.0. The van der Waals surface area contributed by atoms with Crippen LogP contribution in [-0.4, -0.2) is 32.0 Å². The summed E-state index contributed by atoms with van der Waals surface area (Å²) in [5.41, 5.74) is 0.930. The van der Waals surface area contributed by atoms with E-state index in [1.54, 1.807) is 18.3 Å². The molecule has 0 radical (unpaired) electrons. The van der Waals surface area contributed by atoms with Gasteiger partial charge in [-0.05, 0) is 31.2 Å². The predicted octanol–water partition coefficient (Wildman–Crippen LogP) is 2.25. The molecule has 3 rings (SSSR count). The number of fused-ring (bicyclic) bond motifs is 1. The summed E-state index contributed by atoms with van der Waals surface area (Å²) >= 11 is 1.65. The Morgan fingerprint density at radius 2 is 2.22 bits per heavy atom. The molecule has 3 heterocycles. The molecular formula is C18H24N6O2S. The first-order valence-corrected chi connectivity index (χ1v) is 9.97. The summed E-state index contributed by atoms with van der Waals surface area (Å²) in [7, 11) is 0. The number of aromatic amines is 1. The zero-order valence-corrected chi connectivity index (χ0v) is 16.4. The minimum absolute atomic E-state index is 0.0461. The molecule has 9 heteroatoms. The molecule has 0 aliphatic rings. The van der Waals surface area contributed by atoms with Crippen molar-refractivity contribution in [2.45, 2.75) is 46.1 Å². The van der Waals surface area contributed by atoms with Crippen LogP contribution in [0.1, 0.15) is 42.3 Å². The molecule has 0 aliphatic heterocycles. The maximum absolute atomic E-state index is 12.8. The van der Waals surface area contributed by atoms with Crippen LogP contribution in [-0.2, 0) is 17.8 Å². The molecule has 3 N–H and O–H groups in total. The van der Waals surface area contributed by atoms with Crippen molar-refractivity contribution in [1.29, 1.82) is 0 Å². The van der Waals surface area contributed by atoms with E-state index in [0.29, 0.717) is 42.5 Å². The van der Waals surface area contributed by atoms with Gasteiger partial charge in [-0.3, -0.25) is 14.7 Å². The third-order valence-electron chi connectivity index (χ3n) is 4.26. The van der Waals surface area contributed by atoms with Crippen LogP contribution >= 0.6 is 11.3 Å². The summed E-state index contributed by atoms with van der Waals surface area (Å²) in [5, 5.41) is 11.0. The molecule has 0 unspecified atom stereocenters. The van der Waals surface area contributed by atoms with E-state index in [0.717, 1.165) is 12.8 Å². The highest BCUT2D eigenvalue weighted by Crippen LogP contribution is 2.11. The minimum atomic E-state index is -0.212. The maximum Gasteiger partial charge on any atom is 0.277 e. The average molecular weight is 388 g/mol. The monoisotopic (exact) mass is 388 g/mol. The number of hydrogen-bond acceptors (Lipinski definition) is 6. The van der Waals surface area contributed by atoms with Crippen LogP contribution in [0.5, 0.6) is 0 Å². The number of unbranched alkanes of at least 4 members (excludes halogenated alkanes) is 1. The van der Waals surface area contributed by atoms with Crippen molar-refractivity contribution in [3.63, 3.8) is 0 Å². The molecule has 0 spiro atoms. The Kier molecular flexibility index (Phi) is 6.23. The fourth-order valence-corrected chi connectivity index (χ4v) is 3.38. The third kappa shape index (κ3) is 4.73. The number of nitrogens with zero attached hydrogens (tertiary/aromatic N) is 3. The van der Waals surface area contributed by atoms with Crippen LogP contribution in [0.2, 0.25) is 0 Å². The van der Waals surface area contributed by atoms with Crippen molar-refractivity contribution in [3.8, 4) is 0 Å². The van der Waals surface area contributed by atoms with Gasteiger partial charge >= 0.3 is 0 Å². The topological polar surface area (TPSA) is 104 Å². The second kappa shape index (κ2) is 8.81. The number of thiophene rings is 1. The van der Waals surface area contributed by atoms with Gasteiger partial charge in [0.1, 0.15) is 0 Å². The van der Waals surface area contributed by atoms with Crippen LogP contribution in [0, 0.1) is 6.92 Å². The van der Waals surface area contributed by atoms with E-state index in [2.05, 4.69) is 32.6 Å². The highest BCUT2D eigenvalue weighted by atomic mass is 32.1. The lowest BCUT2D eigenvalue weighted by atomic mass is 10.1. The molecule has 1 amide bonds. The molecular weight excluding hydrogens is 364 g/mol. The number of hydrogen-bond donors (Lipinski definition) is 3. The highest BCUT2D eigenvalue weighted by Gasteiger charge is 2.14. The Labute approximate surface area is 161 Å². The number of carbonyl (C=O) groups is 1. The first-order chi connectivity index (χ1) is 13.1. The maximum atomic E-state index is 12.8. The van der Waals surface area contributed by atoms with Crippen molar-refractivity contribution < 1.29 is 4.79 Å². The van der Waals surface area contributed by atoms with Crippen molar-refractivity contribution in [2.75, 3.05) is 11.9 Å². The van der Waals surface area contributed by atoms with Gasteiger partial charge in [0.2, 0.25) is 11.9 Å². The van der Waals surface area contributed by atoms with E-state index < -0.39 is 0 Å². The highest BCUT2D eigenvalue weighted by molar-refractivity contribution is 7.09. The number of aryl methyl sites for hydroxylation is 1. The van der Waals surface area contributed by atoms with Gasteiger partial charge in [-0.2, -0.15) is 9.50 Å². The molecule has 0 saturated carbocycles. The van der Waals surface area contributed by atoms with Gasteiger partial charge in [0.25, 0.3) is 11.3 Å². The summed E-state index contributed by atoms with van der Waals surface area (Å²) in [6.45, 7) is 5.14. The van der Waals surface area contributed by atoms with Crippen LogP contribution in [0.3, 0.4) is 0 Å². The van der Waals surface area contributed by atoms with Crippen molar-refractivity contribution in [1.82, 2.24) is 24.9 Å². The molecule has 0 aliphatic carbocycles. The Morgan fingerprint density at radius 3 is 2.96 bits per heavy atom. The van der Waals surface area contributed by atoms with Crippen LogP contribution in [0.25, 0.3) is 5.78 Å². The van der Waals surface area contributed by atoms with Crippen molar-refractivity contribution in [2.24, 2.45) is 0 Å². The number of amides is 1. The molecule has 0 fully saturated rings. The van der Waals surface area contributed by atoms with E-state index in [9.17, 15) is 9.59 Å². The summed E-state index contributed by atoms with van der Waals surface area (Å²) in [5.74, 6) is 0.763. The fraction of sp³-hybridized carbons (Fsp3) is 0.444. The molecule has 0 bridgehead atoms. The molecule has 27 heavy (non-hydrogen) atoms. The Hall–Kier alpha value is -2.68. The Balaban J connectivity index is 1.71. The second-order valence-corrected chi connectivity index (χ2v) is 7.36. The molecule has 144 valence electrons. The number of carbonyl (C=O) groups excluding carboxylic acids is 1. The lowest BCUT2D eigenvalue weighted by molar-refractivity contribution is -0.121. The lowest BCUT2D eigenvalue weighted by Crippen LogP contribution is -2.27. The quantitative estimate of drug-likeness (QED) is 0.488. The van der Waals surface area contributed by atoms with E-state index in [-0.39, 0.29) is 17.9 Å². The van der Waals surface area contributed by atoms with Crippen LogP contribution < -0.4 is 16.2 Å². The summed E-state index contributed by atoms with van der Waals surface area (Å²) in [6.07, 6.45) is 2.61. The van der Waals surface area contributed by atoms with E-state index >= 15 is 0 Å². The van der Waals surface area contributed by atoms with Gasteiger partial charge in [0.15, 0.2) is 0 Å². The Bertz CT molecular complexity index is 960. The SMILES string of the molecule is CCCCNC(=O)CCc1c(C)nc2nc(NCc3cccs3)[nH]n2c1=O. The third-order valence-corrected chi connectivity index (χ3v) is 5.14. The van der Waals surface area contributed by atoms with Gasteiger partial charge in [0.05, 0.1) is 12.2 Å². The first-order valence-electron chi connectivity index (χ1n) is 9.09. The van der Waals surface area contributed by atoms with Gasteiger partial charge in [-0.15, -0.1) is 11.3 Å². The molecule has 0 atom stereocenters. The van der Waals surface area contributed by atoms with E-state index in [4.69, 9.17) is 0 Å². The molecule has 0 aromatic carbocycles. The van der Waals surface area contributed by atoms with Gasteiger partial charge < -0.3 is 10.6 Å². The molecule has 3 aromatic rings. The number of nitrogens with one attached hydrogen (secondary N) is 3. The molecule has 0 saturated heterocycles. The zero-order chi connectivity index (χ0) is 19.2. The fourth-order valence-electron chi connectivity index (χ4n) is 2.74. The van der Waals surface area contributed by atoms with Gasteiger partial charge in [0, 0.05) is 23.4 Å². The lowest BCUT2D eigenvalue weighted by Gasteiger charge is -2.06. The number of anilines is 1. The molecule has 3 aromatic heterocycles. The standard InChI is InChI=1S/C18H24N6O2S/c1-3-4-9-19-15(25)8-7-14-12(2)21-18-22-17(23-24(18)16(14)26)20-11-13-6-5-10-27-13/h5-6,10H,3-4,7-9,11H2,1-2H3,(H,19,25)(H2,20,21,22,23). The minimum Gasteiger partial charge on any atom is -0.356 e. The second-order valence-electron chi connectivity index (χ2n) is 6.32. The number of H-pyrrole nitrogens is 1. The zero-order valence-electron chi connectivity index (χ0n) is 15.5. The van der Waals surface area contributed by atoms with E-state index in [1.807, 2.05) is 17.5 Å². The average Bonchev–Trinajstić information content (AvgIpc) is 3.29. The smallest absolute Gasteiger partial charge is 0.277 e. The predicted molar refractivity (Wildman–Crippen MR) is 106 cm³/mol. The summed E-state index contributed by atoms with van der Waals surface area (Å²) in [4.78, 5) is 34.6. The summed E-state index contributed by atoms with van der Waals surface area (Å²) in [6, 6.07) is 4.01. The first kappa shape index (κ1) is 19.1. The summed E-state index contributed by atoms with van der Waals surface area (Å²) < 4.78 is 1.33. The Morgan fingerprint density at radius 1 is 1.37 bits per heavy atom. The molecule has 8 nitrogen and oxygen atoms in total. The van der Waals surface area contributed by atoms with Crippen LogP contribution in [0.15, 0.2) is 22.3 Å². The van der Waals surface area contributed by atoms with Crippen molar-refractivity contribution in [3.05, 3.63) is 44.0 Å². The van der Waals surface area contributed by atoms with Crippen molar-refractivity contribution >= 4 is 29.0 Å².